The molecule has 0 aliphatic rings. The quantitative estimate of drug-likeness (QED) is 0.518. The monoisotopic (exact) mass is 492 g/mol. The molecule has 1 amide bonds. The van der Waals surface area contributed by atoms with E-state index in [1.807, 2.05) is 0 Å². The first-order chi connectivity index (χ1) is 14.3. The minimum absolute atomic E-state index is 0.00925. The molecule has 0 saturated heterocycles. The molecule has 11 heteroatoms. The number of nitrogens with one attached hydrogen (secondary N) is 2. The van der Waals surface area contributed by atoms with Crippen molar-refractivity contribution in [3.63, 3.8) is 0 Å². The molecule has 3 aromatic rings. The van der Waals surface area contributed by atoms with Crippen molar-refractivity contribution >= 4 is 43.4 Å². The molecule has 1 heterocycles. The van der Waals surface area contributed by atoms with Crippen LogP contribution in [0, 0.1) is 0 Å². The summed E-state index contributed by atoms with van der Waals surface area (Å²) in [7, 11) is -1.19. The van der Waals surface area contributed by atoms with Gasteiger partial charge >= 0.3 is 6.01 Å². The predicted octanol–water partition coefficient (Wildman–Crippen LogP) is 3.31. The van der Waals surface area contributed by atoms with Gasteiger partial charge in [-0.3, -0.25) is 9.52 Å². The standard InChI is InChI=1S/C19H17BrN4O5S/c1-28-17-11-16(22-19(23-17)29-2)24-30(26,27)13-9-7-12(8-10-13)21-18(25)14-5-3-4-6-15(14)20/h3-11H,1-2H3,(H,21,25)(H,22,23,24). The minimum atomic E-state index is -3.94. The number of sulfonamides is 1. The second-order valence-electron chi connectivity index (χ2n) is 5.85. The topological polar surface area (TPSA) is 120 Å². The van der Waals surface area contributed by atoms with Crippen LogP contribution < -0.4 is 19.5 Å². The van der Waals surface area contributed by atoms with Crippen LogP contribution in [0.1, 0.15) is 10.4 Å². The summed E-state index contributed by atoms with van der Waals surface area (Å²) in [6.07, 6.45) is 0. The molecule has 0 aliphatic heterocycles. The van der Waals surface area contributed by atoms with Crippen molar-refractivity contribution in [2.45, 2.75) is 4.90 Å². The third-order valence-corrected chi connectivity index (χ3v) is 5.92. The smallest absolute Gasteiger partial charge is 0.321 e. The maximum Gasteiger partial charge on any atom is 0.321 e. The first-order valence-electron chi connectivity index (χ1n) is 8.48. The fourth-order valence-electron chi connectivity index (χ4n) is 2.41. The maximum atomic E-state index is 12.7. The number of hydrogen-bond acceptors (Lipinski definition) is 7. The molecule has 9 nitrogen and oxygen atoms in total. The summed E-state index contributed by atoms with van der Waals surface area (Å²) < 4.78 is 38.2. The zero-order valence-corrected chi connectivity index (χ0v) is 18.3. The lowest BCUT2D eigenvalue weighted by molar-refractivity contribution is 0.102. The molecule has 1 aromatic heterocycles. The van der Waals surface area contributed by atoms with Gasteiger partial charge < -0.3 is 14.8 Å². The summed E-state index contributed by atoms with van der Waals surface area (Å²) in [5.41, 5.74) is 0.905. The molecule has 0 bridgehead atoms. The molecular weight excluding hydrogens is 476 g/mol. The first-order valence-corrected chi connectivity index (χ1v) is 10.8. The summed E-state index contributed by atoms with van der Waals surface area (Å²) in [6.45, 7) is 0. The van der Waals surface area contributed by atoms with Crippen LogP contribution in [-0.4, -0.2) is 38.5 Å². The number of rotatable bonds is 7. The van der Waals surface area contributed by atoms with Crippen LogP contribution in [-0.2, 0) is 10.0 Å². The van der Waals surface area contributed by atoms with E-state index in [1.165, 1.54) is 44.6 Å². The Balaban J connectivity index is 1.77. The Kier molecular flexibility index (Phi) is 6.53. The second kappa shape index (κ2) is 9.09. The number of benzene rings is 2. The van der Waals surface area contributed by atoms with Crippen molar-refractivity contribution in [3.8, 4) is 11.9 Å². The van der Waals surface area contributed by atoms with Gasteiger partial charge in [-0.05, 0) is 52.3 Å². The normalized spacial score (nSPS) is 10.9. The van der Waals surface area contributed by atoms with Crippen molar-refractivity contribution in [2.24, 2.45) is 0 Å². The number of anilines is 2. The highest BCUT2D eigenvalue weighted by Crippen LogP contribution is 2.22. The Hall–Kier alpha value is -3.18. The molecule has 3 rings (SSSR count). The Bertz CT molecular complexity index is 1150. The number of halogens is 1. The molecule has 0 unspecified atom stereocenters. The Morgan fingerprint density at radius 2 is 1.70 bits per heavy atom. The van der Waals surface area contributed by atoms with E-state index in [4.69, 9.17) is 9.47 Å². The molecule has 156 valence electrons. The molecule has 2 N–H and O–H groups in total. The number of methoxy groups -OCH3 is 2. The molecule has 0 fully saturated rings. The lowest BCUT2D eigenvalue weighted by Crippen LogP contribution is -2.15. The van der Waals surface area contributed by atoms with Gasteiger partial charge in [0.15, 0.2) is 5.82 Å². The highest BCUT2D eigenvalue weighted by atomic mass is 79.9. The van der Waals surface area contributed by atoms with E-state index in [2.05, 4.69) is 35.9 Å². The summed E-state index contributed by atoms with van der Waals surface area (Å²) in [5, 5.41) is 2.72. The Morgan fingerprint density at radius 1 is 1.00 bits per heavy atom. The average molecular weight is 493 g/mol. The summed E-state index contributed by atoms with van der Waals surface area (Å²) in [4.78, 5) is 20.2. The second-order valence-corrected chi connectivity index (χ2v) is 8.38. The van der Waals surface area contributed by atoms with E-state index < -0.39 is 10.0 Å². The first kappa shape index (κ1) is 21.5. The fraction of sp³-hybridized carbons (Fsp3) is 0.105. The Morgan fingerprint density at radius 3 is 2.33 bits per heavy atom. The van der Waals surface area contributed by atoms with E-state index in [0.717, 1.165) is 0 Å². The zero-order valence-electron chi connectivity index (χ0n) is 15.9. The van der Waals surface area contributed by atoms with E-state index >= 15 is 0 Å². The Labute approximate surface area is 181 Å². The highest BCUT2D eigenvalue weighted by Gasteiger charge is 2.17. The van der Waals surface area contributed by atoms with Crippen molar-refractivity contribution in [1.82, 2.24) is 9.97 Å². The van der Waals surface area contributed by atoms with Crippen molar-refractivity contribution in [1.29, 1.82) is 0 Å². The van der Waals surface area contributed by atoms with Gasteiger partial charge in [-0.15, -0.1) is 0 Å². The number of ether oxygens (including phenoxy) is 2. The predicted molar refractivity (Wildman–Crippen MR) is 114 cm³/mol. The molecular formula is C19H17BrN4O5S. The van der Waals surface area contributed by atoms with E-state index in [1.54, 1.807) is 24.3 Å². The largest absolute Gasteiger partial charge is 0.481 e. The van der Waals surface area contributed by atoms with Crippen LogP contribution >= 0.6 is 15.9 Å². The van der Waals surface area contributed by atoms with Gasteiger partial charge in [0, 0.05) is 16.2 Å². The van der Waals surface area contributed by atoms with Crippen LogP contribution in [0.2, 0.25) is 0 Å². The van der Waals surface area contributed by atoms with Crippen molar-refractivity contribution in [3.05, 3.63) is 64.6 Å². The molecule has 2 aromatic carbocycles. The number of hydrogen-bond donors (Lipinski definition) is 2. The molecule has 0 radical (unpaired) electrons. The molecule has 0 aliphatic carbocycles. The van der Waals surface area contributed by atoms with E-state index in [-0.39, 0.29) is 28.5 Å². The van der Waals surface area contributed by atoms with E-state index in [0.29, 0.717) is 15.7 Å². The van der Waals surface area contributed by atoms with Crippen molar-refractivity contribution < 1.29 is 22.7 Å². The van der Waals surface area contributed by atoms with Gasteiger partial charge in [0.2, 0.25) is 5.88 Å². The van der Waals surface area contributed by atoms with Crippen LogP contribution in [0.15, 0.2) is 64.0 Å². The maximum absolute atomic E-state index is 12.7. The van der Waals surface area contributed by atoms with Gasteiger partial charge in [-0.2, -0.15) is 9.97 Å². The summed E-state index contributed by atoms with van der Waals surface area (Å²) >= 11 is 3.32. The lowest BCUT2D eigenvalue weighted by Gasteiger charge is -2.11. The van der Waals surface area contributed by atoms with Crippen molar-refractivity contribution in [2.75, 3.05) is 24.3 Å². The minimum Gasteiger partial charge on any atom is -0.481 e. The number of carbonyl (C=O) groups excluding carboxylic acids is 1. The average Bonchev–Trinajstić information content (AvgIpc) is 2.73. The van der Waals surface area contributed by atoms with Crippen LogP contribution in [0.3, 0.4) is 0 Å². The fourth-order valence-corrected chi connectivity index (χ4v) is 3.87. The molecule has 0 atom stereocenters. The molecule has 0 saturated carbocycles. The number of nitrogens with zero attached hydrogens (tertiary/aromatic N) is 2. The van der Waals surface area contributed by atoms with Gasteiger partial charge in [-0.25, -0.2) is 8.42 Å². The molecule has 30 heavy (non-hydrogen) atoms. The van der Waals surface area contributed by atoms with Gasteiger partial charge in [0.1, 0.15) is 0 Å². The lowest BCUT2D eigenvalue weighted by atomic mass is 10.2. The van der Waals surface area contributed by atoms with Crippen LogP contribution in [0.25, 0.3) is 0 Å². The number of aromatic nitrogens is 2. The third-order valence-electron chi connectivity index (χ3n) is 3.85. The van der Waals surface area contributed by atoms with Gasteiger partial charge in [0.05, 0.1) is 24.7 Å². The van der Waals surface area contributed by atoms with E-state index in [9.17, 15) is 13.2 Å². The SMILES string of the molecule is COc1cc(NS(=O)(=O)c2ccc(NC(=O)c3ccccc3Br)cc2)nc(OC)n1. The van der Waals surface area contributed by atoms with Crippen LogP contribution in [0.4, 0.5) is 11.5 Å². The highest BCUT2D eigenvalue weighted by molar-refractivity contribution is 9.10. The zero-order chi connectivity index (χ0) is 21.7. The third kappa shape index (κ3) is 5.05. The number of carbonyl (C=O) groups is 1. The number of amides is 1. The summed E-state index contributed by atoms with van der Waals surface area (Å²) in [5.74, 6) is -0.189. The molecule has 0 spiro atoms. The van der Waals surface area contributed by atoms with Gasteiger partial charge in [-0.1, -0.05) is 12.1 Å². The van der Waals surface area contributed by atoms with Gasteiger partial charge in [0.25, 0.3) is 15.9 Å². The summed E-state index contributed by atoms with van der Waals surface area (Å²) in [6, 6.07) is 14.0. The van der Waals surface area contributed by atoms with Crippen LogP contribution in [0.5, 0.6) is 11.9 Å².